The van der Waals surface area contributed by atoms with Crippen LogP contribution >= 0.6 is 0 Å². The summed E-state index contributed by atoms with van der Waals surface area (Å²) >= 11 is 0. The Bertz CT molecular complexity index is 236. The lowest BCUT2D eigenvalue weighted by Gasteiger charge is -2.54. The van der Waals surface area contributed by atoms with E-state index in [1.54, 1.807) is 0 Å². The molecule has 1 heterocycles. The van der Waals surface area contributed by atoms with Gasteiger partial charge >= 0.3 is 0 Å². The highest BCUT2D eigenvalue weighted by Gasteiger charge is 2.49. The lowest BCUT2D eigenvalue weighted by atomic mass is 9.61. The Morgan fingerprint density at radius 1 is 1.06 bits per heavy atom. The van der Waals surface area contributed by atoms with E-state index in [1.807, 2.05) is 0 Å². The summed E-state index contributed by atoms with van der Waals surface area (Å²) in [6.07, 6.45) is 1.93. The Morgan fingerprint density at radius 3 is 1.94 bits per heavy atom. The van der Waals surface area contributed by atoms with Crippen molar-refractivity contribution in [2.24, 2.45) is 22.7 Å². The van der Waals surface area contributed by atoms with Gasteiger partial charge in [-0.15, -0.1) is 0 Å². The van der Waals surface area contributed by atoms with Crippen molar-refractivity contribution < 1.29 is 4.74 Å². The van der Waals surface area contributed by atoms with Crippen molar-refractivity contribution in [1.82, 2.24) is 0 Å². The van der Waals surface area contributed by atoms with Gasteiger partial charge in [-0.05, 0) is 29.1 Å². The highest BCUT2D eigenvalue weighted by molar-refractivity contribution is 4.96. The van der Waals surface area contributed by atoms with Crippen LogP contribution in [0, 0.1) is 22.7 Å². The summed E-state index contributed by atoms with van der Waals surface area (Å²) < 4.78 is 6.36. The minimum absolute atomic E-state index is 0.240. The molecule has 0 saturated carbocycles. The predicted octanol–water partition coefficient (Wildman–Crippen LogP) is 4.51. The summed E-state index contributed by atoms with van der Waals surface area (Å²) in [5.41, 5.74) is 0.612. The zero-order valence-electron chi connectivity index (χ0n) is 12.4. The van der Waals surface area contributed by atoms with E-state index in [4.69, 9.17) is 4.74 Å². The van der Waals surface area contributed by atoms with Crippen LogP contribution in [0.5, 0.6) is 0 Å². The molecule has 96 valence electrons. The maximum absolute atomic E-state index is 6.36. The van der Waals surface area contributed by atoms with Crippen LogP contribution in [0.1, 0.15) is 61.8 Å². The fourth-order valence-electron chi connectivity index (χ4n) is 3.11. The fraction of sp³-hybridized carbons (Fsp3) is 1.00. The Morgan fingerprint density at radius 2 is 1.56 bits per heavy atom. The molecule has 0 N–H and O–H groups in total. The first-order valence-corrected chi connectivity index (χ1v) is 6.77. The molecule has 0 aromatic rings. The quantitative estimate of drug-likeness (QED) is 0.639. The molecule has 1 saturated heterocycles. The van der Waals surface area contributed by atoms with Crippen LogP contribution < -0.4 is 0 Å². The molecule has 0 radical (unpaired) electrons. The maximum atomic E-state index is 6.36. The normalized spacial score (nSPS) is 39.8. The monoisotopic (exact) mass is 226 g/mol. The second-order valence-electron chi connectivity index (χ2n) is 7.27. The highest BCUT2D eigenvalue weighted by Crippen LogP contribution is 2.49. The van der Waals surface area contributed by atoms with Crippen molar-refractivity contribution in [1.29, 1.82) is 0 Å². The number of hydrogen-bond donors (Lipinski definition) is 0. The van der Waals surface area contributed by atoms with E-state index in [0.29, 0.717) is 29.5 Å². The molecule has 1 aliphatic rings. The summed E-state index contributed by atoms with van der Waals surface area (Å²) in [6, 6.07) is 0. The van der Waals surface area contributed by atoms with Crippen molar-refractivity contribution in [3.8, 4) is 0 Å². The Kier molecular flexibility index (Phi) is 3.79. The molecule has 1 aliphatic heterocycles. The van der Waals surface area contributed by atoms with E-state index >= 15 is 0 Å². The first kappa shape index (κ1) is 14.0. The molecule has 0 spiro atoms. The first-order valence-electron chi connectivity index (χ1n) is 6.77. The van der Waals surface area contributed by atoms with Crippen LogP contribution in [0.2, 0.25) is 0 Å². The zero-order valence-corrected chi connectivity index (χ0v) is 12.4. The van der Waals surface area contributed by atoms with Gasteiger partial charge in [-0.1, -0.05) is 55.4 Å². The van der Waals surface area contributed by atoms with Crippen LogP contribution in [0.25, 0.3) is 0 Å². The van der Waals surface area contributed by atoms with Gasteiger partial charge in [0.1, 0.15) is 0 Å². The largest absolute Gasteiger partial charge is 0.374 e. The standard InChI is InChI=1S/C15H30O/c1-9-12-10(2)15(7,8)11(3)13(16-12)14(4,5)6/h10-13H,9H2,1-8H3/t10-,11?,12?,13+/m0/s1. The molecule has 1 fully saturated rings. The number of hydrogen-bond acceptors (Lipinski definition) is 1. The summed E-state index contributed by atoms with van der Waals surface area (Å²) in [5, 5.41) is 0. The van der Waals surface area contributed by atoms with E-state index in [-0.39, 0.29) is 5.41 Å². The molecule has 1 heteroatoms. The molecule has 0 aromatic heterocycles. The van der Waals surface area contributed by atoms with Crippen LogP contribution in [-0.2, 0) is 4.74 Å². The summed E-state index contributed by atoms with van der Waals surface area (Å²) in [4.78, 5) is 0. The summed E-state index contributed by atoms with van der Waals surface area (Å²) in [6.45, 7) is 18.7. The third-order valence-electron chi connectivity index (χ3n) is 4.94. The van der Waals surface area contributed by atoms with Gasteiger partial charge in [0.2, 0.25) is 0 Å². The third-order valence-corrected chi connectivity index (χ3v) is 4.94. The molecule has 4 atom stereocenters. The fourth-order valence-corrected chi connectivity index (χ4v) is 3.11. The van der Waals surface area contributed by atoms with Gasteiger partial charge in [0.15, 0.2) is 0 Å². The smallest absolute Gasteiger partial charge is 0.0657 e. The van der Waals surface area contributed by atoms with Crippen LogP contribution in [-0.4, -0.2) is 12.2 Å². The van der Waals surface area contributed by atoms with Crippen LogP contribution in [0.15, 0.2) is 0 Å². The molecule has 0 bridgehead atoms. The predicted molar refractivity (Wildman–Crippen MR) is 70.5 cm³/mol. The van der Waals surface area contributed by atoms with Crippen molar-refractivity contribution in [3.63, 3.8) is 0 Å². The minimum atomic E-state index is 0.240. The van der Waals surface area contributed by atoms with Crippen molar-refractivity contribution in [2.75, 3.05) is 0 Å². The topological polar surface area (TPSA) is 9.23 Å². The molecule has 0 amide bonds. The Hall–Kier alpha value is -0.0400. The van der Waals surface area contributed by atoms with Gasteiger partial charge in [0.05, 0.1) is 12.2 Å². The van der Waals surface area contributed by atoms with Crippen molar-refractivity contribution in [2.45, 2.75) is 74.0 Å². The van der Waals surface area contributed by atoms with E-state index in [9.17, 15) is 0 Å². The average molecular weight is 226 g/mol. The van der Waals surface area contributed by atoms with Crippen LogP contribution in [0.3, 0.4) is 0 Å². The molecule has 2 unspecified atom stereocenters. The Labute approximate surface area is 102 Å². The van der Waals surface area contributed by atoms with E-state index < -0.39 is 0 Å². The van der Waals surface area contributed by atoms with Crippen molar-refractivity contribution >= 4 is 0 Å². The first-order chi connectivity index (χ1) is 7.12. The molecule has 0 aliphatic carbocycles. The van der Waals surface area contributed by atoms with E-state index in [1.165, 1.54) is 0 Å². The van der Waals surface area contributed by atoms with Gasteiger partial charge in [-0.25, -0.2) is 0 Å². The SMILES string of the molecule is CCC1O[C@@H](C(C)(C)C)C(C)C(C)(C)[C@H]1C. The molecule has 16 heavy (non-hydrogen) atoms. The van der Waals surface area contributed by atoms with Gasteiger partial charge < -0.3 is 4.74 Å². The lowest BCUT2D eigenvalue weighted by molar-refractivity contribution is -0.200. The third kappa shape index (κ3) is 2.30. The molecular formula is C15H30O. The number of ether oxygens (including phenoxy) is 1. The average Bonchev–Trinajstić information content (AvgIpc) is 2.14. The minimum Gasteiger partial charge on any atom is -0.374 e. The molecular weight excluding hydrogens is 196 g/mol. The highest BCUT2D eigenvalue weighted by atomic mass is 16.5. The van der Waals surface area contributed by atoms with E-state index in [2.05, 4.69) is 55.4 Å². The molecule has 0 aromatic carbocycles. The van der Waals surface area contributed by atoms with Crippen LogP contribution in [0.4, 0.5) is 0 Å². The summed E-state index contributed by atoms with van der Waals surface area (Å²) in [7, 11) is 0. The van der Waals surface area contributed by atoms with Gasteiger partial charge in [0, 0.05) is 0 Å². The van der Waals surface area contributed by atoms with E-state index in [0.717, 1.165) is 6.42 Å². The molecule has 1 nitrogen and oxygen atoms in total. The second kappa shape index (κ2) is 4.33. The van der Waals surface area contributed by atoms with Gasteiger partial charge in [0.25, 0.3) is 0 Å². The lowest BCUT2D eigenvalue weighted by Crippen LogP contribution is -2.54. The van der Waals surface area contributed by atoms with Gasteiger partial charge in [-0.2, -0.15) is 0 Å². The molecule has 1 rings (SSSR count). The van der Waals surface area contributed by atoms with Gasteiger partial charge in [-0.3, -0.25) is 0 Å². The number of rotatable bonds is 1. The zero-order chi connectivity index (χ0) is 12.7. The Balaban J connectivity index is 3.00. The maximum Gasteiger partial charge on any atom is 0.0657 e. The van der Waals surface area contributed by atoms with Crippen molar-refractivity contribution in [3.05, 3.63) is 0 Å². The summed E-state index contributed by atoms with van der Waals surface area (Å²) in [5.74, 6) is 1.26. The second-order valence-corrected chi connectivity index (χ2v) is 7.27.